The van der Waals surface area contributed by atoms with E-state index in [4.69, 9.17) is 0 Å². The van der Waals surface area contributed by atoms with Crippen LogP contribution in [0.4, 0.5) is 11.4 Å². The Labute approximate surface area is 366 Å². The van der Waals surface area contributed by atoms with Crippen LogP contribution in [0.25, 0.3) is 0 Å². The van der Waals surface area contributed by atoms with Crippen LogP contribution >= 0.6 is 0 Å². The highest BCUT2D eigenvalue weighted by Crippen LogP contribution is 2.54. The number of hydrogen-bond acceptors (Lipinski definition) is 6. The van der Waals surface area contributed by atoms with Crippen molar-refractivity contribution < 1.29 is 39.4 Å². The van der Waals surface area contributed by atoms with Crippen molar-refractivity contribution in [3.63, 3.8) is 0 Å². The zero-order chi connectivity index (χ0) is 44.5. The first kappa shape index (κ1) is 44.5. The Kier molecular flexibility index (Phi) is 13.0. The summed E-state index contributed by atoms with van der Waals surface area (Å²) in [5.74, 6) is -2.30. The number of anilines is 1. The standard InChI is InChI=1S/C53H62N2O7/c1-7-9-11-13-15-19-27-54-41-25-23-33(50(59)60)29-39(41)52(3,4)43(54)31-37-45(46-48(57)35-21-17-18-22-36(35)49(46)58)38(47(37)56)32-44-53(5,6)40-30-34(51(61)62)24-26-42(40)55(44)28-20-16-14-12-10-8-2/h17-18,21-26,29-32,48,57H,7-16,19-20,27-28H2,1-6H3,(H2-,56,58,59,60,61,62)/p+1. The second-order valence-corrected chi connectivity index (χ2v) is 18.5. The lowest BCUT2D eigenvalue weighted by Gasteiger charge is -2.32. The van der Waals surface area contributed by atoms with E-state index in [1.165, 1.54) is 25.7 Å². The molecular weight excluding hydrogens is 777 g/mol. The number of aliphatic hydroxyl groups excluding tert-OH is 2. The van der Waals surface area contributed by atoms with E-state index in [2.05, 4.69) is 51.0 Å². The number of carboxylic acid groups (broad SMARTS) is 2. The van der Waals surface area contributed by atoms with Crippen molar-refractivity contribution >= 4 is 34.8 Å². The Bertz CT molecular complexity index is 2460. The topological polar surface area (TPSA) is 138 Å². The number of aliphatic hydroxyl groups is 2. The summed E-state index contributed by atoms with van der Waals surface area (Å²) in [6.45, 7) is 14.0. The summed E-state index contributed by atoms with van der Waals surface area (Å²) in [4.78, 5) is 41.1. The van der Waals surface area contributed by atoms with Crippen LogP contribution in [0.15, 0.2) is 107 Å². The Morgan fingerprint density at radius 1 is 0.742 bits per heavy atom. The van der Waals surface area contributed by atoms with Crippen molar-refractivity contribution in [2.45, 2.75) is 136 Å². The maximum Gasteiger partial charge on any atom is 0.335 e. The molecule has 7 rings (SSSR count). The molecule has 2 aliphatic carbocycles. The molecule has 0 saturated carbocycles. The molecule has 1 atom stereocenters. The molecule has 62 heavy (non-hydrogen) atoms. The second-order valence-electron chi connectivity index (χ2n) is 18.5. The minimum absolute atomic E-state index is 0.00144. The molecule has 3 aromatic rings. The maximum atomic E-state index is 14.4. The zero-order valence-electron chi connectivity index (χ0n) is 37.3. The molecule has 2 aliphatic heterocycles. The molecule has 9 nitrogen and oxygen atoms in total. The molecule has 4 N–H and O–H groups in total. The predicted octanol–water partition coefficient (Wildman–Crippen LogP) is 11.8. The first-order valence-corrected chi connectivity index (χ1v) is 22.8. The lowest BCUT2D eigenvalue weighted by atomic mass is 9.73. The number of carboxylic acids is 2. The Balaban J connectivity index is 1.40. The average Bonchev–Trinajstić information content (AvgIpc) is 3.72. The fourth-order valence-corrected chi connectivity index (χ4v) is 10.0. The normalized spacial score (nSPS) is 20.9. The van der Waals surface area contributed by atoms with Crippen LogP contribution in [-0.4, -0.2) is 61.5 Å². The van der Waals surface area contributed by atoms with E-state index in [0.29, 0.717) is 40.9 Å². The molecule has 0 spiro atoms. The van der Waals surface area contributed by atoms with Gasteiger partial charge in [0.05, 0.1) is 16.5 Å². The van der Waals surface area contributed by atoms with E-state index < -0.39 is 28.9 Å². The van der Waals surface area contributed by atoms with E-state index in [0.717, 1.165) is 85.3 Å². The van der Waals surface area contributed by atoms with Gasteiger partial charge < -0.3 is 25.3 Å². The summed E-state index contributed by atoms with van der Waals surface area (Å²) in [5, 5.41) is 44.4. The number of carbonyl (C=O) groups is 3. The number of aromatic carboxylic acids is 2. The minimum Gasteiger partial charge on any atom is -0.507 e. The number of carbonyl (C=O) groups excluding carboxylic acids is 1. The number of ketones is 1. The molecule has 3 aromatic carbocycles. The van der Waals surface area contributed by atoms with Gasteiger partial charge >= 0.3 is 11.9 Å². The first-order chi connectivity index (χ1) is 29.6. The fourth-order valence-electron chi connectivity index (χ4n) is 10.0. The molecule has 9 heteroatoms. The highest BCUT2D eigenvalue weighted by molar-refractivity contribution is 6.16. The van der Waals surface area contributed by atoms with Gasteiger partial charge in [-0.25, -0.2) is 9.59 Å². The van der Waals surface area contributed by atoms with Crippen molar-refractivity contribution in [2.75, 3.05) is 18.0 Å². The van der Waals surface area contributed by atoms with Gasteiger partial charge in [0.25, 0.3) is 0 Å². The Morgan fingerprint density at radius 2 is 1.34 bits per heavy atom. The molecular formula is C53H63N2O7+. The van der Waals surface area contributed by atoms with E-state index in [-0.39, 0.29) is 28.2 Å². The minimum atomic E-state index is -1.22. The predicted molar refractivity (Wildman–Crippen MR) is 245 cm³/mol. The fraction of sp³-hybridized carbons (Fsp3) is 0.434. The van der Waals surface area contributed by atoms with Crippen LogP contribution in [0.3, 0.4) is 0 Å². The monoisotopic (exact) mass is 839 g/mol. The van der Waals surface area contributed by atoms with Crippen LogP contribution in [0.5, 0.6) is 0 Å². The number of Topliss-reactive ketones (excluding diaryl/α,β-unsaturated/α-hetero) is 1. The first-order valence-electron chi connectivity index (χ1n) is 22.8. The number of nitrogens with zero attached hydrogens (tertiary/aromatic N) is 2. The molecule has 0 amide bonds. The summed E-state index contributed by atoms with van der Waals surface area (Å²) in [7, 11) is 0. The summed E-state index contributed by atoms with van der Waals surface area (Å²) < 4.78 is 2.24. The van der Waals surface area contributed by atoms with Gasteiger partial charge in [-0.05, 0) is 74.2 Å². The van der Waals surface area contributed by atoms with Crippen molar-refractivity contribution in [3.8, 4) is 0 Å². The van der Waals surface area contributed by atoms with Crippen LogP contribution < -0.4 is 4.90 Å². The van der Waals surface area contributed by atoms with Crippen molar-refractivity contribution in [3.05, 3.63) is 140 Å². The Morgan fingerprint density at radius 3 is 1.98 bits per heavy atom. The van der Waals surface area contributed by atoms with E-state index in [9.17, 15) is 34.8 Å². The number of allylic oxidation sites excluding steroid dienone is 5. The van der Waals surface area contributed by atoms with Gasteiger partial charge in [0.2, 0.25) is 5.69 Å². The zero-order valence-corrected chi connectivity index (χ0v) is 37.3. The van der Waals surface area contributed by atoms with Crippen molar-refractivity contribution in [2.24, 2.45) is 0 Å². The molecule has 2 heterocycles. The number of fused-ring (bicyclic) bond motifs is 3. The maximum absolute atomic E-state index is 14.4. The van der Waals surface area contributed by atoms with Crippen LogP contribution in [0, 0.1) is 0 Å². The second kappa shape index (κ2) is 18.1. The molecule has 0 fully saturated rings. The van der Waals surface area contributed by atoms with Gasteiger partial charge in [0, 0.05) is 75.3 Å². The van der Waals surface area contributed by atoms with Crippen LogP contribution in [0.2, 0.25) is 0 Å². The van der Waals surface area contributed by atoms with Crippen molar-refractivity contribution in [1.29, 1.82) is 0 Å². The summed E-state index contributed by atoms with van der Waals surface area (Å²) in [6, 6.07) is 17.6. The molecule has 326 valence electrons. The number of hydrogen-bond donors (Lipinski definition) is 4. The molecule has 0 bridgehead atoms. The van der Waals surface area contributed by atoms with Crippen molar-refractivity contribution in [1.82, 2.24) is 0 Å². The number of rotatable bonds is 18. The Hall–Kier alpha value is -5.54. The van der Waals surface area contributed by atoms with E-state index >= 15 is 0 Å². The third kappa shape index (κ3) is 8.00. The van der Waals surface area contributed by atoms with Gasteiger partial charge in [-0.1, -0.05) is 110 Å². The highest BCUT2D eigenvalue weighted by Gasteiger charge is 2.49. The summed E-state index contributed by atoms with van der Waals surface area (Å²) in [5.41, 5.74) is 6.87. The van der Waals surface area contributed by atoms with Gasteiger partial charge in [-0.2, -0.15) is 4.58 Å². The SMILES string of the molecule is CCCCCCCCN1/C(=C/C2=C(O)C(=C\C3=[N+](CCCCCCCC)c4ccc(C(=O)O)cc4C3(C)C)/C2=C2\C(=O)c3ccccc3C2O)C(C)(C)c2cc(C(=O)O)ccc21. The summed E-state index contributed by atoms with van der Waals surface area (Å²) in [6.07, 6.45) is 15.9. The van der Waals surface area contributed by atoms with E-state index in [1.54, 1.807) is 48.5 Å². The molecule has 1 unspecified atom stereocenters. The van der Waals surface area contributed by atoms with Crippen LogP contribution in [-0.2, 0) is 10.8 Å². The molecule has 0 aromatic heterocycles. The quantitative estimate of drug-likeness (QED) is 0.0564. The largest absolute Gasteiger partial charge is 0.507 e. The lowest BCUT2D eigenvalue weighted by molar-refractivity contribution is -0.438. The number of benzene rings is 3. The molecule has 0 saturated heterocycles. The smallest absolute Gasteiger partial charge is 0.335 e. The average molecular weight is 840 g/mol. The van der Waals surface area contributed by atoms with Gasteiger partial charge in [-0.3, -0.25) is 4.79 Å². The number of unbranched alkanes of at least 4 members (excludes halogenated alkanes) is 10. The highest BCUT2D eigenvalue weighted by atomic mass is 16.4. The third-order valence-electron chi connectivity index (χ3n) is 13.6. The lowest BCUT2D eigenvalue weighted by Crippen LogP contribution is -2.31. The molecule has 0 radical (unpaired) electrons. The van der Waals surface area contributed by atoms with Gasteiger partial charge in [-0.15, -0.1) is 0 Å². The van der Waals surface area contributed by atoms with Crippen LogP contribution in [0.1, 0.15) is 172 Å². The van der Waals surface area contributed by atoms with Gasteiger partial charge in [0.1, 0.15) is 18.4 Å². The molecule has 4 aliphatic rings. The van der Waals surface area contributed by atoms with Gasteiger partial charge in [0.15, 0.2) is 11.5 Å². The third-order valence-corrected chi connectivity index (χ3v) is 13.6. The van der Waals surface area contributed by atoms with E-state index in [1.807, 2.05) is 24.3 Å². The summed E-state index contributed by atoms with van der Waals surface area (Å²) >= 11 is 0.